The minimum absolute atomic E-state index is 0.515. The Bertz CT molecular complexity index is 388. The molecule has 0 aliphatic carbocycles. The van der Waals surface area contributed by atoms with Gasteiger partial charge < -0.3 is 5.32 Å². The van der Waals surface area contributed by atoms with Gasteiger partial charge in [0.15, 0.2) is 0 Å². The maximum atomic E-state index is 3.59. The zero-order chi connectivity index (χ0) is 13.1. The lowest BCUT2D eigenvalue weighted by Gasteiger charge is -2.43. The SMILES string of the molecule is CCC1CNC(C)CN1C(C)c1ccccc1C. The summed E-state index contributed by atoms with van der Waals surface area (Å²) in [6.07, 6.45) is 1.22. The van der Waals surface area contributed by atoms with Crippen LogP contribution in [-0.2, 0) is 0 Å². The highest BCUT2D eigenvalue weighted by atomic mass is 15.2. The molecule has 1 heterocycles. The monoisotopic (exact) mass is 246 g/mol. The zero-order valence-electron chi connectivity index (χ0n) is 12.1. The van der Waals surface area contributed by atoms with E-state index >= 15 is 0 Å². The number of aryl methyl sites for hydroxylation is 1. The van der Waals surface area contributed by atoms with E-state index in [-0.39, 0.29) is 0 Å². The molecule has 1 saturated heterocycles. The summed E-state index contributed by atoms with van der Waals surface area (Å²) in [6, 6.07) is 10.6. The average molecular weight is 246 g/mol. The van der Waals surface area contributed by atoms with Crippen LogP contribution in [0, 0.1) is 6.92 Å². The van der Waals surface area contributed by atoms with Gasteiger partial charge in [-0.15, -0.1) is 0 Å². The molecule has 0 spiro atoms. The topological polar surface area (TPSA) is 15.3 Å². The summed E-state index contributed by atoms with van der Waals surface area (Å²) >= 11 is 0. The van der Waals surface area contributed by atoms with Crippen molar-refractivity contribution in [1.82, 2.24) is 10.2 Å². The molecule has 3 atom stereocenters. The first kappa shape index (κ1) is 13.6. The number of nitrogens with one attached hydrogen (secondary N) is 1. The summed E-state index contributed by atoms with van der Waals surface area (Å²) in [4.78, 5) is 2.67. The lowest BCUT2D eigenvalue weighted by Crippen LogP contribution is -2.55. The van der Waals surface area contributed by atoms with Crippen molar-refractivity contribution in [3.8, 4) is 0 Å². The highest BCUT2D eigenvalue weighted by molar-refractivity contribution is 5.28. The Morgan fingerprint density at radius 3 is 2.78 bits per heavy atom. The first-order valence-electron chi connectivity index (χ1n) is 7.18. The predicted molar refractivity (Wildman–Crippen MR) is 77.8 cm³/mol. The molecule has 18 heavy (non-hydrogen) atoms. The van der Waals surface area contributed by atoms with Crippen molar-refractivity contribution in [2.75, 3.05) is 13.1 Å². The zero-order valence-corrected chi connectivity index (χ0v) is 12.1. The van der Waals surface area contributed by atoms with Crippen LogP contribution in [0.5, 0.6) is 0 Å². The lowest BCUT2D eigenvalue weighted by atomic mass is 9.97. The second kappa shape index (κ2) is 5.85. The van der Waals surface area contributed by atoms with Gasteiger partial charge in [0.1, 0.15) is 0 Å². The average Bonchev–Trinajstić information content (AvgIpc) is 2.38. The quantitative estimate of drug-likeness (QED) is 0.881. The third kappa shape index (κ3) is 2.76. The molecule has 2 rings (SSSR count). The summed E-state index contributed by atoms with van der Waals surface area (Å²) < 4.78 is 0. The molecule has 2 nitrogen and oxygen atoms in total. The molecule has 1 aliphatic rings. The standard InChI is InChI=1S/C16H26N2/c1-5-15-10-17-13(3)11-18(15)14(4)16-9-7-6-8-12(16)2/h6-9,13-15,17H,5,10-11H2,1-4H3. The predicted octanol–water partition coefficient (Wildman–Crippen LogP) is 3.13. The number of benzene rings is 1. The molecule has 1 aromatic rings. The molecule has 1 N–H and O–H groups in total. The Morgan fingerprint density at radius 1 is 1.39 bits per heavy atom. The van der Waals surface area contributed by atoms with E-state index in [1.807, 2.05) is 0 Å². The van der Waals surface area contributed by atoms with Crippen molar-refractivity contribution in [2.24, 2.45) is 0 Å². The maximum absolute atomic E-state index is 3.59. The van der Waals surface area contributed by atoms with Gasteiger partial charge in [-0.3, -0.25) is 4.90 Å². The second-order valence-corrected chi connectivity index (χ2v) is 5.60. The van der Waals surface area contributed by atoms with Crippen LogP contribution in [0.2, 0.25) is 0 Å². The fourth-order valence-electron chi connectivity index (χ4n) is 3.07. The number of nitrogens with zero attached hydrogens (tertiary/aromatic N) is 1. The van der Waals surface area contributed by atoms with Crippen molar-refractivity contribution in [3.05, 3.63) is 35.4 Å². The van der Waals surface area contributed by atoms with E-state index in [9.17, 15) is 0 Å². The molecule has 100 valence electrons. The molecule has 1 aliphatic heterocycles. The molecule has 0 aromatic heterocycles. The van der Waals surface area contributed by atoms with Crippen LogP contribution in [0.25, 0.3) is 0 Å². The second-order valence-electron chi connectivity index (χ2n) is 5.60. The van der Waals surface area contributed by atoms with Crippen molar-refractivity contribution < 1.29 is 0 Å². The minimum Gasteiger partial charge on any atom is -0.311 e. The van der Waals surface area contributed by atoms with E-state index in [2.05, 4.69) is 62.2 Å². The molecule has 0 saturated carbocycles. The Balaban J connectivity index is 2.20. The van der Waals surface area contributed by atoms with Crippen molar-refractivity contribution in [2.45, 2.75) is 52.2 Å². The van der Waals surface area contributed by atoms with Gasteiger partial charge in [0.25, 0.3) is 0 Å². The van der Waals surface area contributed by atoms with E-state index in [1.165, 1.54) is 17.5 Å². The summed E-state index contributed by atoms with van der Waals surface area (Å²) in [5.41, 5.74) is 2.89. The molecule has 3 unspecified atom stereocenters. The molecular weight excluding hydrogens is 220 g/mol. The smallest absolute Gasteiger partial charge is 0.0326 e. The summed E-state index contributed by atoms with van der Waals surface area (Å²) in [7, 11) is 0. The van der Waals surface area contributed by atoms with E-state index in [0.29, 0.717) is 18.1 Å². The van der Waals surface area contributed by atoms with Crippen LogP contribution in [0.15, 0.2) is 24.3 Å². The normalized spacial score (nSPS) is 27.1. The van der Waals surface area contributed by atoms with E-state index in [1.54, 1.807) is 0 Å². The Kier molecular flexibility index (Phi) is 4.41. The van der Waals surface area contributed by atoms with Crippen molar-refractivity contribution in [1.29, 1.82) is 0 Å². The largest absolute Gasteiger partial charge is 0.311 e. The summed E-state index contributed by atoms with van der Waals surface area (Å²) in [6.45, 7) is 11.4. The maximum Gasteiger partial charge on any atom is 0.0326 e. The molecular formula is C16H26N2. The highest BCUT2D eigenvalue weighted by Crippen LogP contribution is 2.27. The fraction of sp³-hybridized carbons (Fsp3) is 0.625. The molecule has 1 aromatic carbocycles. The molecule has 0 bridgehead atoms. The van der Waals surface area contributed by atoms with Gasteiger partial charge in [-0.1, -0.05) is 31.2 Å². The van der Waals surface area contributed by atoms with Crippen LogP contribution >= 0.6 is 0 Å². The number of hydrogen-bond acceptors (Lipinski definition) is 2. The lowest BCUT2D eigenvalue weighted by molar-refractivity contribution is 0.0902. The van der Waals surface area contributed by atoms with Gasteiger partial charge in [-0.05, 0) is 38.3 Å². The minimum atomic E-state index is 0.515. The van der Waals surface area contributed by atoms with E-state index in [4.69, 9.17) is 0 Å². The van der Waals surface area contributed by atoms with Gasteiger partial charge in [0, 0.05) is 31.2 Å². The fourth-order valence-corrected chi connectivity index (χ4v) is 3.07. The number of rotatable bonds is 3. The molecule has 2 heteroatoms. The van der Waals surface area contributed by atoms with Crippen LogP contribution in [0.1, 0.15) is 44.4 Å². The first-order valence-corrected chi connectivity index (χ1v) is 7.18. The first-order chi connectivity index (χ1) is 8.63. The van der Waals surface area contributed by atoms with Crippen LogP contribution < -0.4 is 5.32 Å². The van der Waals surface area contributed by atoms with Crippen molar-refractivity contribution >= 4 is 0 Å². The summed E-state index contributed by atoms with van der Waals surface area (Å²) in [5.74, 6) is 0. The molecule has 0 amide bonds. The van der Waals surface area contributed by atoms with Gasteiger partial charge in [0.05, 0.1) is 0 Å². The third-order valence-electron chi connectivity index (χ3n) is 4.26. The number of piperazine rings is 1. The number of hydrogen-bond donors (Lipinski definition) is 1. The Morgan fingerprint density at radius 2 is 2.11 bits per heavy atom. The van der Waals surface area contributed by atoms with E-state index in [0.717, 1.165) is 13.1 Å². The van der Waals surface area contributed by atoms with Gasteiger partial charge >= 0.3 is 0 Å². The van der Waals surface area contributed by atoms with Gasteiger partial charge in [0.2, 0.25) is 0 Å². The molecule has 1 fully saturated rings. The Hall–Kier alpha value is -0.860. The van der Waals surface area contributed by atoms with E-state index < -0.39 is 0 Å². The Labute approximate surface area is 111 Å². The van der Waals surface area contributed by atoms with Crippen LogP contribution in [0.4, 0.5) is 0 Å². The van der Waals surface area contributed by atoms with Gasteiger partial charge in [-0.25, -0.2) is 0 Å². The highest BCUT2D eigenvalue weighted by Gasteiger charge is 2.29. The van der Waals surface area contributed by atoms with Gasteiger partial charge in [-0.2, -0.15) is 0 Å². The van der Waals surface area contributed by atoms with Crippen molar-refractivity contribution in [3.63, 3.8) is 0 Å². The van der Waals surface area contributed by atoms with Crippen LogP contribution in [-0.4, -0.2) is 30.1 Å². The molecule has 0 radical (unpaired) electrons. The third-order valence-corrected chi connectivity index (χ3v) is 4.26. The summed E-state index contributed by atoms with van der Waals surface area (Å²) in [5, 5.41) is 3.59. The van der Waals surface area contributed by atoms with Crippen LogP contribution in [0.3, 0.4) is 0 Å².